The number of nitrogens with zero attached hydrogens (tertiary/aromatic N) is 3. The number of methoxy groups -OCH3 is 1. The number of ether oxygens (including phenoxy) is 1. The number of hydrogen-bond donors (Lipinski definition) is 0. The number of amides is 2. The Bertz CT molecular complexity index is 1210. The number of hydrogen-bond acceptors (Lipinski definition) is 3. The van der Waals surface area contributed by atoms with Gasteiger partial charge in [-0.25, -0.2) is 0 Å². The molecule has 1 fully saturated rings. The average molecular weight is 601 g/mol. The van der Waals surface area contributed by atoms with Crippen molar-refractivity contribution < 1.29 is 14.3 Å². The van der Waals surface area contributed by atoms with Crippen LogP contribution in [-0.4, -0.2) is 59.0 Å². The van der Waals surface area contributed by atoms with E-state index in [2.05, 4.69) is 26.6 Å². The number of rotatable bonds is 11. The maximum atomic E-state index is 13.9. The van der Waals surface area contributed by atoms with E-state index in [1.165, 1.54) is 6.42 Å². The molecular weight excluding hydrogens is 566 g/mol. The third-order valence-corrected chi connectivity index (χ3v) is 8.06. The summed E-state index contributed by atoms with van der Waals surface area (Å²) in [6, 6.07) is 19.3. The first-order valence-corrected chi connectivity index (χ1v) is 14.3. The third kappa shape index (κ3) is 7.49. The molecule has 8 heteroatoms. The van der Waals surface area contributed by atoms with Crippen LogP contribution in [-0.2, 0) is 22.6 Å². The Labute approximate surface area is 238 Å². The summed E-state index contributed by atoms with van der Waals surface area (Å²) >= 11 is 9.85. The molecule has 4 rings (SSSR count). The van der Waals surface area contributed by atoms with Gasteiger partial charge in [-0.1, -0.05) is 65.0 Å². The molecule has 6 nitrogen and oxygen atoms in total. The van der Waals surface area contributed by atoms with Crippen molar-refractivity contribution in [1.29, 1.82) is 0 Å². The Morgan fingerprint density at radius 1 is 1.03 bits per heavy atom. The summed E-state index contributed by atoms with van der Waals surface area (Å²) in [5, 5.41) is 0.729. The fourth-order valence-corrected chi connectivity index (χ4v) is 5.49. The molecule has 0 bridgehead atoms. The lowest BCUT2D eigenvalue weighted by Crippen LogP contribution is -2.48. The van der Waals surface area contributed by atoms with Gasteiger partial charge in [0.05, 0.1) is 13.2 Å². The average Bonchev–Trinajstić information content (AvgIpc) is 3.37. The molecule has 0 radical (unpaired) electrons. The van der Waals surface area contributed by atoms with Crippen molar-refractivity contribution >= 4 is 39.3 Å². The van der Waals surface area contributed by atoms with Crippen LogP contribution in [0.2, 0.25) is 5.02 Å². The zero-order chi connectivity index (χ0) is 26.9. The topological polar surface area (TPSA) is 54.8 Å². The van der Waals surface area contributed by atoms with E-state index in [9.17, 15) is 9.59 Å². The fraction of sp³-hybridized carbons (Fsp3) is 0.400. The van der Waals surface area contributed by atoms with E-state index in [1.807, 2.05) is 53.6 Å². The quantitative estimate of drug-likeness (QED) is 0.256. The Morgan fingerprint density at radius 3 is 2.47 bits per heavy atom. The second-order valence-electron chi connectivity index (χ2n) is 9.76. The van der Waals surface area contributed by atoms with Crippen LogP contribution in [0.1, 0.15) is 53.7 Å². The van der Waals surface area contributed by atoms with Crippen LogP contribution < -0.4 is 0 Å². The molecular formula is C30H35BrClN3O3. The normalized spacial score (nSPS) is 13.9. The molecule has 0 N–H and O–H groups in total. The molecule has 0 atom stereocenters. The predicted molar refractivity (Wildman–Crippen MR) is 154 cm³/mol. The van der Waals surface area contributed by atoms with Gasteiger partial charge < -0.3 is 19.1 Å². The van der Waals surface area contributed by atoms with Gasteiger partial charge in [-0.15, -0.1) is 0 Å². The smallest absolute Gasteiger partial charge is 0.254 e. The van der Waals surface area contributed by atoms with Gasteiger partial charge in [0.15, 0.2) is 0 Å². The summed E-state index contributed by atoms with van der Waals surface area (Å²) in [5.41, 5.74) is 2.63. The molecule has 1 aliphatic carbocycles. The van der Waals surface area contributed by atoms with Gasteiger partial charge >= 0.3 is 0 Å². The summed E-state index contributed by atoms with van der Waals surface area (Å²) < 4.78 is 8.32. The number of aromatic nitrogens is 1. The minimum Gasteiger partial charge on any atom is -0.383 e. The molecule has 202 valence electrons. The second kappa shape index (κ2) is 14.0. The summed E-state index contributed by atoms with van der Waals surface area (Å²) in [4.78, 5) is 30.9. The highest BCUT2D eigenvalue weighted by molar-refractivity contribution is 9.10. The Kier molecular flexibility index (Phi) is 10.4. The first kappa shape index (κ1) is 28.4. The van der Waals surface area contributed by atoms with Crippen molar-refractivity contribution in [2.75, 3.05) is 26.8 Å². The van der Waals surface area contributed by atoms with Crippen LogP contribution >= 0.6 is 27.5 Å². The number of benzene rings is 2. The summed E-state index contributed by atoms with van der Waals surface area (Å²) in [6.45, 7) is 1.85. The highest BCUT2D eigenvalue weighted by atomic mass is 79.9. The van der Waals surface area contributed by atoms with Gasteiger partial charge in [-0.3, -0.25) is 9.59 Å². The van der Waals surface area contributed by atoms with Crippen molar-refractivity contribution in [2.24, 2.45) is 0 Å². The van der Waals surface area contributed by atoms with E-state index < -0.39 is 0 Å². The first-order valence-electron chi connectivity index (χ1n) is 13.2. The van der Waals surface area contributed by atoms with Crippen LogP contribution in [0.15, 0.2) is 71.3 Å². The van der Waals surface area contributed by atoms with E-state index >= 15 is 0 Å². The van der Waals surface area contributed by atoms with Crippen LogP contribution in [0.3, 0.4) is 0 Å². The molecule has 38 heavy (non-hydrogen) atoms. The summed E-state index contributed by atoms with van der Waals surface area (Å²) in [5.74, 6) is -0.211. The largest absolute Gasteiger partial charge is 0.383 e. The molecule has 2 aromatic carbocycles. The van der Waals surface area contributed by atoms with E-state index in [0.29, 0.717) is 31.8 Å². The molecule has 0 saturated heterocycles. The Hall–Kier alpha value is -2.61. The van der Waals surface area contributed by atoms with Crippen molar-refractivity contribution in [2.45, 2.75) is 51.2 Å². The van der Waals surface area contributed by atoms with E-state index in [1.54, 1.807) is 24.1 Å². The van der Waals surface area contributed by atoms with Gasteiger partial charge in [-0.05, 0) is 60.9 Å². The van der Waals surface area contributed by atoms with Crippen LogP contribution in [0.5, 0.6) is 0 Å². The lowest BCUT2D eigenvalue weighted by Gasteiger charge is -2.36. The SMILES string of the molecule is COCCN(CC(=O)N(Cc1cccn1Cc1ccccc1Cl)C1CCCCC1)C(=O)c1ccc(Br)cc1. The molecule has 1 aromatic heterocycles. The molecule has 0 aliphatic heterocycles. The zero-order valence-electron chi connectivity index (χ0n) is 21.8. The van der Waals surface area contributed by atoms with Gasteiger partial charge in [0.25, 0.3) is 5.91 Å². The van der Waals surface area contributed by atoms with E-state index in [4.69, 9.17) is 16.3 Å². The summed E-state index contributed by atoms with van der Waals surface area (Å²) in [7, 11) is 1.60. The Morgan fingerprint density at radius 2 is 1.76 bits per heavy atom. The molecule has 0 unspecified atom stereocenters. The highest BCUT2D eigenvalue weighted by Gasteiger charge is 2.29. The van der Waals surface area contributed by atoms with Crippen molar-refractivity contribution in [1.82, 2.24) is 14.4 Å². The molecule has 2 amide bonds. The van der Waals surface area contributed by atoms with Crippen LogP contribution in [0.25, 0.3) is 0 Å². The van der Waals surface area contributed by atoms with Crippen molar-refractivity contribution in [3.63, 3.8) is 0 Å². The monoisotopic (exact) mass is 599 g/mol. The van der Waals surface area contributed by atoms with E-state index in [-0.39, 0.29) is 24.4 Å². The van der Waals surface area contributed by atoms with Gasteiger partial charge in [0.1, 0.15) is 6.54 Å². The highest BCUT2D eigenvalue weighted by Crippen LogP contribution is 2.26. The summed E-state index contributed by atoms with van der Waals surface area (Å²) in [6.07, 6.45) is 7.42. The molecule has 0 spiro atoms. The maximum absolute atomic E-state index is 13.9. The van der Waals surface area contributed by atoms with Gasteiger partial charge in [-0.2, -0.15) is 0 Å². The van der Waals surface area contributed by atoms with Gasteiger partial charge in [0, 0.05) is 53.2 Å². The predicted octanol–water partition coefficient (Wildman–Crippen LogP) is 6.40. The van der Waals surface area contributed by atoms with Crippen LogP contribution in [0, 0.1) is 0 Å². The minimum absolute atomic E-state index is 0.0139. The number of carbonyl (C=O) groups excluding carboxylic acids is 2. The molecule has 1 saturated carbocycles. The lowest BCUT2D eigenvalue weighted by atomic mass is 9.94. The fourth-order valence-electron chi connectivity index (χ4n) is 5.03. The number of halogens is 2. The van der Waals surface area contributed by atoms with Crippen molar-refractivity contribution in [3.8, 4) is 0 Å². The third-order valence-electron chi connectivity index (χ3n) is 7.16. The Balaban J connectivity index is 1.55. The zero-order valence-corrected chi connectivity index (χ0v) is 24.2. The standard InChI is InChI=1S/C30H35BrClN3O3/c1-38-19-18-34(30(37)23-13-15-25(31)16-14-23)22-29(36)35(26-9-3-2-4-10-26)21-27-11-7-17-33(27)20-24-8-5-6-12-28(24)32/h5-8,11-17,26H,2-4,9-10,18-22H2,1H3. The maximum Gasteiger partial charge on any atom is 0.254 e. The molecule has 1 aliphatic rings. The number of carbonyl (C=O) groups is 2. The van der Waals surface area contributed by atoms with Crippen molar-refractivity contribution in [3.05, 3.63) is 93.2 Å². The minimum atomic E-state index is -0.173. The molecule has 1 heterocycles. The second-order valence-corrected chi connectivity index (χ2v) is 11.1. The van der Waals surface area contributed by atoms with Gasteiger partial charge in [0.2, 0.25) is 5.91 Å². The molecule has 3 aromatic rings. The lowest BCUT2D eigenvalue weighted by molar-refractivity contribution is -0.135. The van der Waals surface area contributed by atoms with Crippen LogP contribution in [0.4, 0.5) is 0 Å². The first-order chi connectivity index (χ1) is 18.5. The van der Waals surface area contributed by atoms with E-state index in [0.717, 1.165) is 46.4 Å².